The van der Waals surface area contributed by atoms with E-state index in [1.807, 2.05) is 24.3 Å². The maximum Gasteiger partial charge on any atom is 0.168 e. The van der Waals surface area contributed by atoms with Gasteiger partial charge in [-0.3, -0.25) is 5.41 Å². The minimum absolute atomic E-state index is 0.0618. The molecule has 0 amide bonds. The van der Waals surface area contributed by atoms with Crippen LogP contribution in [0.15, 0.2) is 45.3 Å². The van der Waals surface area contributed by atoms with E-state index in [1.54, 1.807) is 12.1 Å². The normalized spacial score (nSPS) is 10.2. The summed E-state index contributed by atoms with van der Waals surface area (Å²) in [7, 11) is 0. The van der Waals surface area contributed by atoms with Crippen LogP contribution in [-0.4, -0.2) is 5.84 Å². The molecule has 76 valence electrons. The Morgan fingerprint density at radius 2 is 1.93 bits per heavy atom. The molecule has 2 aromatic rings. The number of halogens is 1. The Bertz CT molecular complexity index is 505. The van der Waals surface area contributed by atoms with Crippen LogP contribution in [0, 0.1) is 5.41 Å². The molecular weight excluding hydrogens is 256 g/mol. The topological polar surface area (TPSA) is 63.0 Å². The molecule has 0 spiro atoms. The smallest absolute Gasteiger partial charge is 0.168 e. The van der Waals surface area contributed by atoms with Gasteiger partial charge in [-0.1, -0.05) is 34.1 Å². The highest BCUT2D eigenvalue weighted by atomic mass is 79.9. The molecule has 0 aliphatic heterocycles. The average molecular weight is 265 g/mol. The van der Waals surface area contributed by atoms with Crippen molar-refractivity contribution in [2.75, 3.05) is 0 Å². The Balaban J connectivity index is 2.46. The van der Waals surface area contributed by atoms with Crippen LogP contribution in [0.2, 0.25) is 0 Å². The molecule has 4 heteroatoms. The predicted octanol–water partition coefficient (Wildman–Crippen LogP) is 2.99. The van der Waals surface area contributed by atoms with Gasteiger partial charge in [0.05, 0.1) is 0 Å². The summed E-state index contributed by atoms with van der Waals surface area (Å²) in [6, 6.07) is 11.2. The van der Waals surface area contributed by atoms with Gasteiger partial charge in [-0.25, -0.2) is 0 Å². The van der Waals surface area contributed by atoms with Crippen LogP contribution < -0.4 is 5.73 Å². The highest BCUT2D eigenvalue weighted by Crippen LogP contribution is 2.29. The van der Waals surface area contributed by atoms with Crippen LogP contribution in [0.3, 0.4) is 0 Å². The van der Waals surface area contributed by atoms with Gasteiger partial charge in [-0.15, -0.1) is 0 Å². The van der Waals surface area contributed by atoms with E-state index >= 15 is 0 Å². The zero-order chi connectivity index (χ0) is 10.8. The Hall–Kier alpha value is -1.55. The maximum absolute atomic E-state index is 7.24. The van der Waals surface area contributed by atoms with Crippen molar-refractivity contribution in [1.82, 2.24) is 0 Å². The minimum atomic E-state index is -0.0618. The minimum Gasteiger partial charge on any atom is -0.453 e. The molecule has 0 aliphatic carbocycles. The summed E-state index contributed by atoms with van der Waals surface area (Å²) in [5.41, 5.74) is 6.27. The summed E-state index contributed by atoms with van der Waals surface area (Å²) < 4.78 is 6.39. The van der Waals surface area contributed by atoms with Crippen LogP contribution in [-0.2, 0) is 0 Å². The Morgan fingerprint density at radius 1 is 1.20 bits per heavy atom. The van der Waals surface area contributed by atoms with Gasteiger partial charge >= 0.3 is 0 Å². The van der Waals surface area contributed by atoms with Crippen molar-refractivity contribution in [1.29, 1.82) is 5.41 Å². The number of benzene rings is 1. The SMILES string of the molecule is N=C(N)c1ccc(-c2ccccc2Br)o1. The number of nitrogens with one attached hydrogen (secondary N) is 1. The molecule has 1 aromatic heterocycles. The Kier molecular flexibility index (Phi) is 2.60. The van der Waals surface area contributed by atoms with Crippen molar-refractivity contribution in [2.45, 2.75) is 0 Å². The number of nitrogens with two attached hydrogens (primary N) is 1. The van der Waals surface area contributed by atoms with Crippen molar-refractivity contribution in [3.63, 3.8) is 0 Å². The lowest BCUT2D eigenvalue weighted by Gasteiger charge is -1.99. The summed E-state index contributed by atoms with van der Waals surface area (Å²) in [4.78, 5) is 0. The lowest BCUT2D eigenvalue weighted by atomic mass is 10.2. The molecule has 3 N–H and O–H groups in total. The van der Waals surface area contributed by atoms with Crippen LogP contribution in [0.25, 0.3) is 11.3 Å². The maximum atomic E-state index is 7.24. The predicted molar refractivity (Wildman–Crippen MR) is 62.9 cm³/mol. The summed E-state index contributed by atoms with van der Waals surface area (Å²) in [5.74, 6) is 1.03. The van der Waals surface area contributed by atoms with E-state index in [0.717, 1.165) is 10.0 Å². The zero-order valence-electron chi connectivity index (χ0n) is 7.83. The van der Waals surface area contributed by atoms with Gasteiger partial charge in [0.2, 0.25) is 0 Å². The quantitative estimate of drug-likeness (QED) is 0.647. The second-order valence-corrected chi connectivity index (χ2v) is 3.91. The highest BCUT2D eigenvalue weighted by Gasteiger charge is 2.08. The summed E-state index contributed by atoms with van der Waals surface area (Å²) in [6.07, 6.45) is 0. The summed E-state index contributed by atoms with van der Waals surface area (Å²) in [6.45, 7) is 0. The van der Waals surface area contributed by atoms with Gasteiger partial charge < -0.3 is 10.2 Å². The number of amidine groups is 1. The van der Waals surface area contributed by atoms with Gasteiger partial charge in [0.1, 0.15) is 5.76 Å². The molecular formula is C11H9BrN2O. The van der Waals surface area contributed by atoms with E-state index in [2.05, 4.69) is 15.9 Å². The van der Waals surface area contributed by atoms with Crippen molar-refractivity contribution >= 4 is 21.8 Å². The summed E-state index contributed by atoms with van der Waals surface area (Å²) in [5, 5.41) is 7.24. The molecule has 2 rings (SSSR count). The van der Waals surface area contributed by atoms with Crippen molar-refractivity contribution in [2.24, 2.45) is 5.73 Å². The Labute approximate surface area is 95.5 Å². The lowest BCUT2D eigenvalue weighted by molar-refractivity contribution is 0.570. The third-order valence-electron chi connectivity index (χ3n) is 2.01. The van der Waals surface area contributed by atoms with Crippen LogP contribution in [0.5, 0.6) is 0 Å². The fourth-order valence-electron chi connectivity index (χ4n) is 1.29. The molecule has 0 unspecified atom stereocenters. The van der Waals surface area contributed by atoms with Gasteiger partial charge in [0.25, 0.3) is 0 Å². The molecule has 3 nitrogen and oxygen atoms in total. The van der Waals surface area contributed by atoms with Crippen molar-refractivity contribution < 1.29 is 4.42 Å². The molecule has 0 fully saturated rings. The van der Waals surface area contributed by atoms with Gasteiger partial charge in [0.15, 0.2) is 11.6 Å². The summed E-state index contributed by atoms with van der Waals surface area (Å²) >= 11 is 3.43. The molecule has 0 aliphatic rings. The standard InChI is InChI=1S/C11H9BrN2O/c12-8-4-2-1-3-7(8)9-5-6-10(15-9)11(13)14/h1-6H,(H3,13,14). The molecule has 0 atom stereocenters. The first-order valence-electron chi connectivity index (χ1n) is 4.37. The van der Waals surface area contributed by atoms with E-state index in [1.165, 1.54) is 0 Å². The van der Waals surface area contributed by atoms with Crippen molar-refractivity contribution in [3.05, 3.63) is 46.6 Å². The molecule has 0 saturated carbocycles. The Morgan fingerprint density at radius 3 is 2.53 bits per heavy atom. The second-order valence-electron chi connectivity index (χ2n) is 3.06. The largest absolute Gasteiger partial charge is 0.453 e. The lowest BCUT2D eigenvalue weighted by Crippen LogP contribution is -2.09. The third-order valence-corrected chi connectivity index (χ3v) is 2.70. The van der Waals surface area contributed by atoms with Crippen LogP contribution in [0.1, 0.15) is 5.76 Å². The zero-order valence-corrected chi connectivity index (χ0v) is 9.41. The van der Waals surface area contributed by atoms with E-state index in [0.29, 0.717) is 11.5 Å². The molecule has 15 heavy (non-hydrogen) atoms. The monoisotopic (exact) mass is 264 g/mol. The van der Waals surface area contributed by atoms with E-state index in [-0.39, 0.29) is 5.84 Å². The van der Waals surface area contributed by atoms with Crippen molar-refractivity contribution in [3.8, 4) is 11.3 Å². The third kappa shape index (κ3) is 1.94. The number of furan rings is 1. The number of hydrogen-bond donors (Lipinski definition) is 2. The van der Waals surface area contributed by atoms with E-state index < -0.39 is 0 Å². The molecule has 0 bridgehead atoms. The van der Waals surface area contributed by atoms with Gasteiger partial charge in [-0.2, -0.15) is 0 Å². The molecule has 1 heterocycles. The van der Waals surface area contributed by atoms with Crippen LogP contribution in [0.4, 0.5) is 0 Å². The number of hydrogen-bond acceptors (Lipinski definition) is 2. The van der Waals surface area contributed by atoms with Crippen LogP contribution >= 0.6 is 15.9 Å². The molecule has 1 aromatic carbocycles. The number of nitrogen functional groups attached to an aromatic ring is 1. The fourth-order valence-corrected chi connectivity index (χ4v) is 1.77. The average Bonchev–Trinajstić information content (AvgIpc) is 2.67. The number of rotatable bonds is 2. The first-order chi connectivity index (χ1) is 7.18. The first kappa shape index (κ1) is 9.98. The molecule has 0 radical (unpaired) electrons. The van der Waals surface area contributed by atoms with E-state index in [9.17, 15) is 0 Å². The highest BCUT2D eigenvalue weighted by molar-refractivity contribution is 9.10. The van der Waals surface area contributed by atoms with E-state index in [4.69, 9.17) is 15.6 Å². The molecule has 0 saturated heterocycles. The van der Waals surface area contributed by atoms with Gasteiger partial charge in [0, 0.05) is 10.0 Å². The second kappa shape index (κ2) is 3.90. The fraction of sp³-hybridized carbons (Fsp3) is 0. The first-order valence-corrected chi connectivity index (χ1v) is 5.17. The van der Waals surface area contributed by atoms with Gasteiger partial charge in [-0.05, 0) is 18.2 Å².